The molecule has 2 aromatic carbocycles. The lowest BCUT2D eigenvalue weighted by atomic mass is 10.1. The molecule has 2 rings (SSSR count). The number of likely N-dealkylation sites (N-methyl/N-ethyl adjacent to an activating group) is 1. The third kappa shape index (κ3) is 4.86. The lowest BCUT2D eigenvalue weighted by Gasteiger charge is -2.25. The van der Waals surface area contributed by atoms with Crippen molar-refractivity contribution in [2.75, 3.05) is 49.1 Å². The number of carbonyl (C=O) groups excluding carboxylic acids is 1. The lowest BCUT2D eigenvalue weighted by Crippen LogP contribution is -2.34. The Labute approximate surface area is 166 Å². The van der Waals surface area contributed by atoms with Crippen LogP contribution in [0.4, 0.5) is 0 Å². The van der Waals surface area contributed by atoms with Gasteiger partial charge in [-0.2, -0.15) is 0 Å². The summed E-state index contributed by atoms with van der Waals surface area (Å²) >= 11 is 0. The van der Waals surface area contributed by atoms with Crippen LogP contribution in [0, 0.1) is 0 Å². The molecule has 0 aliphatic carbocycles. The number of ether oxygens (including phenoxy) is 4. The van der Waals surface area contributed by atoms with E-state index >= 15 is 0 Å². The molecule has 0 spiro atoms. The molecule has 152 valence electrons. The molecule has 0 aliphatic heterocycles. The van der Waals surface area contributed by atoms with Crippen molar-refractivity contribution in [3.8, 4) is 23.0 Å². The van der Waals surface area contributed by atoms with E-state index in [4.69, 9.17) is 18.9 Å². The molecule has 1 atom stereocenters. The third-order valence-corrected chi connectivity index (χ3v) is 4.51. The molecular formula is C21H28N2O5. The fourth-order valence-corrected chi connectivity index (χ4v) is 2.93. The SMILES string of the molecule is COc1ccc([C@@H](CNC(=O)c2cc(OC)c(OC)c(OC)c2)N(C)C)cc1. The van der Waals surface area contributed by atoms with Crippen molar-refractivity contribution < 1.29 is 23.7 Å². The van der Waals surface area contributed by atoms with Crippen LogP contribution in [-0.2, 0) is 0 Å². The molecule has 7 nitrogen and oxygen atoms in total. The number of rotatable bonds is 9. The monoisotopic (exact) mass is 388 g/mol. The minimum Gasteiger partial charge on any atom is -0.497 e. The molecule has 0 bridgehead atoms. The fourth-order valence-electron chi connectivity index (χ4n) is 2.93. The molecule has 2 aromatic rings. The minimum absolute atomic E-state index is 0.0110. The molecule has 28 heavy (non-hydrogen) atoms. The molecular weight excluding hydrogens is 360 g/mol. The summed E-state index contributed by atoms with van der Waals surface area (Å²) in [5.74, 6) is 1.89. The van der Waals surface area contributed by atoms with E-state index in [-0.39, 0.29) is 11.9 Å². The van der Waals surface area contributed by atoms with Crippen LogP contribution >= 0.6 is 0 Å². The fraction of sp³-hybridized carbons (Fsp3) is 0.381. The van der Waals surface area contributed by atoms with Gasteiger partial charge in [0, 0.05) is 12.1 Å². The van der Waals surface area contributed by atoms with Gasteiger partial charge in [-0.15, -0.1) is 0 Å². The van der Waals surface area contributed by atoms with Gasteiger partial charge in [0.2, 0.25) is 5.75 Å². The van der Waals surface area contributed by atoms with Crippen molar-refractivity contribution in [1.82, 2.24) is 10.2 Å². The van der Waals surface area contributed by atoms with Gasteiger partial charge >= 0.3 is 0 Å². The van der Waals surface area contributed by atoms with Crippen LogP contribution in [0.15, 0.2) is 36.4 Å². The highest BCUT2D eigenvalue weighted by Crippen LogP contribution is 2.38. The highest BCUT2D eigenvalue weighted by atomic mass is 16.5. The van der Waals surface area contributed by atoms with E-state index < -0.39 is 0 Å². The normalized spacial score (nSPS) is 11.7. The standard InChI is InChI=1S/C21H28N2O5/c1-23(2)17(14-7-9-16(25-3)10-8-14)13-22-21(24)15-11-18(26-4)20(28-6)19(12-15)27-5/h7-12,17H,13H2,1-6H3,(H,22,24)/t17-/m1/s1. The quantitative estimate of drug-likeness (QED) is 0.712. The van der Waals surface area contributed by atoms with E-state index in [1.54, 1.807) is 19.2 Å². The van der Waals surface area contributed by atoms with Crippen molar-refractivity contribution >= 4 is 5.91 Å². The zero-order valence-electron chi connectivity index (χ0n) is 17.2. The Hall–Kier alpha value is -2.93. The predicted molar refractivity (Wildman–Crippen MR) is 108 cm³/mol. The topological polar surface area (TPSA) is 69.3 Å². The number of carbonyl (C=O) groups is 1. The molecule has 0 saturated carbocycles. The Morgan fingerprint density at radius 3 is 1.93 bits per heavy atom. The summed E-state index contributed by atoms with van der Waals surface area (Å²) in [6.07, 6.45) is 0. The summed E-state index contributed by atoms with van der Waals surface area (Å²) < 4.78 is 21.2. The van der Waals surface area contributed by atoms with E-state index in [2.05, 4.69) is 10.2 Å². The van der Waals surface area contributed by atoms with Crippen LogP contribution in [0.5, 0.6) is 23.0 Å². The van der Waals surface area contributed by atoms with Crippen molar-refractivity contribution in [2.24, 2.45) is 0 Å². The maximum Gasteiger partial charge on any atom is 0.251 e. The highest BCUT2D eigenvalue weighted by molar-refractivity contribution is 5.95. The van der Waals surface area contributed by atoms with Crippen LogP contribution in [0.2, 0.25) is 0 Å². The molecule has 0 aliphatic rings. The predicted octanol–water partition coefficient (Wildman–Crippen LogP) is 2.75. The zero-order chi connectivity index (χ0) is 20.7. The molecule has 0 unspecified atom stereocenters. The van der Waals surface area contributed by atoms with E-state index in [1.807, 2.05) is 38.4 Å². The first kappa shape index (κ1) is 21.4. The maximum absolute atomic E-state index is 12.7. The zero-order valence-corrected chi connectivity index (χ0v) is 17.2. The van der Waals surface area contributed by atoms with Crippen molar-refractivity contribution in [2.45, 2.75) is 6.04 Å². The molecule has 0 saturated heterocycles. The Morgan fingerprint density at radius 1 is 0.929 bits per heavy atom. The lowest BCUT2D eigenvalue weighted by molar-refractivity contribution is 0.0941. The van der Waals surface area contributed by atoms with Gasteiger partial charge in [-0.1, -0.05) is 12.1 Å². The van der Waals surface area contributed by atoms with E-state index in [0.29, 0.717) is 29.4 Å². The number of benzene rings is 2. The third-order valence-electron chi connectivity index (χ3n) is 4.51. The van der Waals surface area contributed by atoms with Gasteiger partial charge in [-0.3, -0.25) is 4.79 Å². The number of methoxy groups -OCH3 is 4. The molecule has 1 amide bonds. The average molecular weight is 388 g/mol. The van der Waals surface area contributed by atoms with Gasteiger partial charge in [-0.05, 0) is 43.9 Å². The second kappa shape index (κ2) is 9.85. The van der Waals surface area contributed by atoms with Crippen LogP contribution in [0.25, 0.3) is 0 Å². The van der Waals surface area contributed by atoms with Gasteiger partial charge in [0.1, 0.15) is 5.75 Å². The molecule has 0 radical (unpaired) electrons. The van der Waals surface area contributed by atoms with E-state index in [1.165, 1.54) is 21.3 Å². The van der Waals surface area contributed by atoms with Crippen LogP contribution in [0.1, 0.15) is 22.0 Å². The van der Waals surface area contributed by atoms with Crippen molar-refractivity contribution in [1.29, 1.82) is 0 Å². The van der Waals surface area contributed by atoms with E-state index in [9.17, 15) is 4.79 Å². The largest absolute Gasteiger partial charge is 0.497 e. The first-order valence-corrected chi connectivity index (χ1v) is 8.83. The van der Waals surface area contributed by atoms with Gasteiger partial charge in [-0.25, -0.2) is 0 Å². The van der Waals surface area contributed by atoms with Gasteiger partial charge in [0.05, 0.1) is 34.5 Å². The van der Waals surface area contributed by atoms with Crippen LogP contribution < -0.4 is 24.3 Å². The van der Waals surface area contributed by atoms with Gasteiger partial charge in [0.25, 0.3) is 5.91 Å². The van der Waals surface area contributed by atoms with Gasteiger partial charge < -0.3 is 29.2 Å². The first-order chi connectivity index (χ1) is 13.4. The Bertz CT molecular complexity index is 765. The number of amides is 1. The van der Waals surface area contributed by atoms with Gasteiger partial charge in [0.15, 0.2) is 11.5 Å². The Balaban J connectivity index is 2.18. The Kier molecular flexibility index (Phi) is 7.52. The maximum atomic E-state index is 12.7. The molecule has 0 heterocycles. The molecule has 0 fully saturated rings. The summed E-state index contributed by atoms with van der Waals surface area (Å²) in [5, 5.41) is 2.98. The van der Waals surface area contributed by atoms with Crippen LogP contribution in [0.3, 0.4) is 0 Å². The average Bonchev–Trinajstić information content (AvgIpc) is 2.72. The molecule has 0 aromatic heterocycles. The van der Waals surface area contributed by atoms with Crippen molar-refractivity contribution in [3.63, 3.8) is 0 Å². The highest BCUT2D eigenvalue weighted by Gasteiger charge is 2.19. The van der Waals surface area contributed by atoms with E-state index in [0.717, 1.165) is 11.3 Å². The molecule has 1 N–H and O–H groups in total. The van der Waals surface area contributed by atoms with Crippen LogP contribution in [-0.4, -0.2) is 59.9 Å². The second-order valence-electron chi connectivity index (χ2n) is 6.38. The minimum atomic E-state index is -0.223. The molecule has 7 heteroatoms. The number of hydrogen-bond donors (Lipinski definition) is 1. The summed E-state index contributed by atoms with van der Waals surface area (Å²) in [6, 6.07) is 11.1. The summed E-state index contributed by atoms with van der Waals surface area (Å²) in [5.41, 5.74) is 1.51. The summed E-state index contributed by atoms with van der Waals surface area (Å²) in [6.45, 7) is 0.439. The number of nitrogens with one attached hydrogen (secondary N) is 1. The van der Waals surface area contributed by atoms with Crippen molar-refractivity contribution in [3.05, 3.63) is 47.5 Å². The first-order valence-electron chi connectivity index (χ1n) is 8.83. The Morgan fingerprint density at radius 2 is 1.50 bits per heavy atom. The number of hydrogen-bond acceptors (Lipinski definition) is 6. The summed E-state index contributed by atoms with van der Waals surface area (Å²) in [7, 11) is 10.1. The number of nitrogens with zero attached hydrogens (tertiary/aromatic N) is 1. The summed E-state index contributed by atoms with van der Waals surface area (Å²) in [4.78, 5) is 14.8. The second-order valence-corrected chi connectivity index (χ2v) is 6.38. The smallest absolute Gasteiger partial charge is 0.251 e.